The fourth-order valence-electron chi connectivity index (χ4n) is 8.72. The lowest BCUT2D eigenvalue weighted by atomic mass is 9.48. The lowest BCUT2D eigenvalue weighted by molar-refractivity contribution is -0.223. The van der Waals surface area contributed by atoms with E-state index in [1.165, 1.54) is 23.6 Å². The summed E-state index contributed by atoms with van der Waals surface area (Å²) in [7, 11) is 1.88. The molecule has 2 aliphatic carbocycles. The number of rotatable bonds is 7. The van der Waals surface area contributed by atoms with E-state index < -0.39 is 11.0 Å². The second-order valence-corrected chi connectivity index (χ2v) is 13.4. The highest BCUT2D eigenvalue weighted by molar-refractivity contribution is 6.42. The van der Waals surface area contributed by atoms with E-state index >= 15 is 0 Å². The van der Waals surface area contributed by atoms with Crippen LogP contribution in [-0.2, 0) is 39.0 Å². The zero-order valence-corrected chi connectivity index (χ0v) is 26.0. The first kappa shape index (κ1) is 28.7. The van der Waals surface area contributed by atoms with E-state index in [1.807, 2.05) is 30.1 Å². The number of likely N-dealkylation sites (N-methyl/N-ethyl adjacent to an activating group) is 1. The van der Waals surface area contributed by atoms with Crippen LogP contribution in [0, 0.1) is 0 Å². The number of piperidine rings is 1. The number of carbonyl (C=O) groups is 2. The summed E-state index contributed by atoms with van der Waals surface area (Å²) in [5.41, 5.74) is 3.31. The molecule has 2 heterocycles. The molecular formula is C35H36Cl2N2O4. The fourth-order valence-corrected chi connectivity index (χ4v) is 9.05. The van der Waals surface area contributed by atoms with Crippen LogP contribution in [0.5, 0.6) is 5.75 Å². The fraction of sp³-hybridized carbons (Fsp3) is 0.429. The molecule has 5 atom stereocenters. The molecule has 224 valence electrons. The van der Waals surface area contributed by atoms with Crippen molar-refractivity contribution in [2.75, 3.05) is 20.1 Å². The number of nitrogens with zero attached hydrogens (tertiary/aromatic N) is 2. The maximum atomic E-state index is 13.7. The van der Waals surface area contributed by atoms with Gasteiger partial charge in [0.2, 0.25) is 5.91 Å². The molecule has 2 unspecified atom stereocenters. The predicted molar refractivity (Wildman–Crippen MR) is 167 cm³/mol. The van der Waals surface area contributed by atoms with Crippen molar-refractivity contribution >= 4 is 35.1 Å². The first-order valence-electron chi connectivity index (χ1n) is 15.2. The highest BCUT2D eigenvalue weighted by Gasteiger charge is 2.75. The van der Waals surface area contributed by atoms with Gasteiger partial charge in [-0.2, -0.15) is 0 Å². The van der Waals surface area contributed by atoms with Gasteiger partial charge in [0.05, 0.1) is 34.0 Å². The van der Waals surface area contributed by atoms with E-state index in [1.54, 1.807) is 12.1 Å². The van der Waals surface area contributed by atoms with Gasteiger partial charge in [-0.3, -0.25) is 14.5 Å². The third-order valence-electron chi connectivity index (χ3n) is 10.5. The van der Waals surface area contributed by atoms with Crippen LogP contribution in [0.1, 0.15) is 48.4 Å². The lowest BCUT2D eigenvalue weighted by Crippen LogP contribution is -2.79. The van der Waals surface area contributed by atoms with Gasteiger partial charge in [-0.15, -0.1) is 0 Å². The Kier molecular flexibility index (Phi) is 7.23. The molecule has 8 heteroatoms. The van der Waals surface area contributed by atoms with Crippen molar-refractivity contribution in [2.45, 2.75) is 74.7 Å². The Labute approximate surface area is 262 Å². The molecule has 1 saturated heterocycles. The SMILES string of the molecule is CC(=O)O[C@@]12CCC(N(C)C(=O)Cc3ccc(Cl)c(Cl)c3)C3Oc4cccc5c4[C@@]31CCN(CCc1ccccc1)[C@@H]2C5. The summed E-state index contributed by atoms with van der Waals surface area (Å²) in [5, 5.41) is 0.904. The second kappa shape index (κ2) is 10.8. The van der Waals surface area contributed by atoms with Crippen LogP contribution < -0.4 is 4.74 Å². The van der Waals surface area contributed by atoms with Gasteiger partial charge >= 0.3 is 5.97 Å². The van der Waals surface area contributed by atoms with Crippen molar-refractivity contribution in [1.82, 2.24) is 9.80 Å². The minimum Gasteiger partial charge on any atom is -0.487 e. The Balaban J connectivity index is 1.25. The van der Waals surface area contributed by atoms with Crippen LogP contribution in [0.15, 0.2) is 66.7 Å². The number of carbonyl (C=O) groups excluding carboxylic acids is 2. The molecule has 1 amide bonds. The van der Waals surface area contributed by atoms with Crippen molar-refractivity contribution in [1.29, 1.82) is 0 Å². The summed E-state index contributed by atoms with van der Waals surface area (Å²) < 4.78 is 13.5. The number of esters is 1. The molecule has 2 bridgehead atoms. The number of likely N-dealkylation sites (tertiary alicyclic amines) is 1. The first-order chi connectivity index (χ1) is 20.7. The predicted octanol–water partition coefficient (Wildman–Crippen LogP) is 6.03. The summed E-state index contributed by atoms with van der Waals surface area (Å²) in [6.07, 6.45) is 3.77. The Morgan fingerprint density at radius 2 is 1.84 bits per heavy atom. The van der Waals surface area contributed by atoms with Gasteiger partial charge in [0, 0.05) is 26.1 Å². The van der Waals surface area contributed by atoms with E-state index in [-0.39, 0.29) is 36.5 Å². The minimum absolute atomic E-state index is 0.00721. The molecule has 6 nitrogen and oxygen atoms in total. The highest BCUT2D eigenvalue weighted by atomic mass is 35.5. The third kappa shape index (κ3) is 4.48. The Bertz CT molecular complexity index is 1580. The number of halogens is 2. The maximum absolute atomic E-state index is 13.7. The normalized spacial score (nSPS) is 28.5. The van der Waals surface area contributed by atoms with E-state index in [4.69, 9.17) is 32.7 Å². The van der Waals surface area contributed by atoms with Crippen LogP contribution >= 0.6 is 23.2 Å². The van der Waals surface area contributed by atoms with Crippen molar-refractivity contribution in [3.8, 4) is 5.75 Å². The second-order valence-electron chi connectivity index (χ2n) is 12.6. The zero-order valence-electron chi connectivity index (χ0n) is 24.5. The van der Waals surface area contributed by atoms with Crippen LogP contribution in [0.4, 0.5) is 0 Å². The molecule has 1 saturated carbocycles. The maximum Gasteiger partial charge on any atom is 0.303 e. The molecule has 3 aromatic carbocycles. The number of ether oxygens (including phenoxy) is 2. The number of benzene rings is 3. The quantitative estimate of drug-likeness (QED) is 0.303. The zero-order chi connectivity index (χ0) is 29.9. The molecule has 3 aromatic rings. The van der Waals surface area contributed by atoms with Gasteiger partial charge in [-0.1, -0.05) is 71.7 Å². The molecule has 2 fully saturated rings. The molecule has 0 radical (unpaired) electrons. The molecule has 43 heavy (non-hydrogen) atoms. The Hall–Kier alpha value is -3.06. The lowest BCUT2D eigenvalue weighted by Gasteiger charge is -2.65. The summed E-state index contributed by atoms with van der Waals surface area (Å²) in [6, 6.07) is 22.1. The van der Waals surface area contributed by atoms with Gasteiger partial charge in [-0.05, 0) is 73.5 Å². The Morgan fingerprint density at radius 1 is 1.02 bits per heavy atom. The standard InChI is InChI=1S/C35H36Cl2N2O4/c1-22(40)43-35-15-13-28(38(2)31(41)20-24-11-12-26(36)27(37)19-24)33-34(35)16-18-39(17-14-23-7-4-3-5-8-23)30(35)21-25-9-6-10-29(42-33)32(25)34/h3-12,19,28,30,33H,13-18,20-21H2,1-2H3/t28?,30-,33?,34+,35-/m1/s1. The molecule has 7 rings (SSSR count). The topological polar surface area (TPSA) is 59.1 Å². The molecule has 4 aliphatic rings. The number of amides is 1. The molecule has 2 aliphatic heterocycles. The van der Waals surface area contributed by atoms with Crippen molar-refractivity contribution in [2.24, 2.45) is 0 Å². The summed E-state index contributed by atoms with van der Waals surface area (Å²) in [4.78, 5) is 31.1. The van der Waals surface area contributed by atoms with Gasteiger partial charge in [0.15, 0.2) is 0 Å². The minimum atomic E-state index is -0.734. The summed E-state index contributed by atoms with van der Waals surface area (Å²) in [6.45, 7) is 3.29. The van der Waals surface area contributed by atoms with Gasteiger partial charge in [0.1, 0.15) is 17.5 Å². The van der Waals surface area contributed by atoms with E-state index in [2.05, 4.69) is 41.3 Å². The molecule has 1 spiro atoms. The monoisotopic (exact) mass is 618 g/mol. The van der Waals surface area contributed by atoms with E-state index in [9.17, 15) is 9.59 Å². The van der Waals surface area contributed by atoms with E-state index in [0.29, 0.717) is 22.9 Å². The van der Waals surface area contributed by atoms with Crippen LogP contribution in [0.25, 0.3) is 0 Å². The number of hydrogen-bond acceptors (Lipinski definition) is 5. The van der Waals surface area contributed by atoms with Gasteiger partial charge < -0.3 is 14.4 Å². The van der Waals surface area contributed by atoms with Crippen LogP contribution in [-0.4, -0.2) is 65.6 Å². The summed E-state index contributed by atoms with van der Waals surface area (Å²) in [5.74, 6) is 0.600. The van der Waals surface area contributed by atoms with Crippen molar-refractivity contribution in [3.63, 3.8) is 0 Å². The molecule has 0 N–H and O–H groups in total. The third-order valence-corrected chi connectivity index (χ3v) is 11.2. The van der Waals surface area contributed by atoms with Crippen LogP contribution in [0.2, 0.25) is 10.0 Å². The van der Waals surface area contributed by atoms with Gasteiger partial charge in [0.25, 0.3) is 0 Å². The number of hydrogen-bond donors (Lipinski definition) is 0. The van der Waals surface area contributed by atoms with Gasteiger partial charge in [-0.25, -0.2) is 0 Å². The summed E-state index contributed by atoms with van der Waals surface area (Å²) >= 11 is 12.4. The Morgan fingerprint density at radius 3 is 2.60 bits per heavy atom. The van der Waals surface area contributed by atoms with E-state index in [0.717, 1.165) is 43.7 Å². The van der Waals surface area contributed by atoms with Crippen molar-refractivity contribution in [3.05, 3.63) is 99.0 Å². The highest BCUT2D eigenvalue weighted by Crippen LogP contribution is 2.65. The van der Waals surface area contributed by atoms with Crippen molar-refractivity contribution < 1.29 is 19.1 Å². The smallest absolute Gasteiger partial charge is 0.303 e. The average Bonchev–Trinajstić information content (AvgIpc) is 3.33. The first-order valence-corrected chi connectivity index (χ1v) is 16.0. The average molecular weight is 620 g/mol. The van der Waals surface area contributed by atoms with Crippen LogP contribution in [0.3, 0.4) is 0 Å². The molecule has 0 aromatic heterocycles. The molecular weight excluding hydrogens is 583 g/mol. The largest absolute Gasteiger partial charge is 0.487 e.